The maximum absolute atomic E-state index is 12.0. The standard InChI is InChI=1S/C11H10Br2F3NO/c1-17(10(13)6-7-12)8-2-4-9(5-3-8)18-11(14,15)16/h2-6H,7H2,1H3/b10-6-. The second-order valence-corrected chi connectivity index (χ2v) is 4.74. The van der Waals surface area contributed by atoms with E-state index < -0.39 is 6.36 Å². The van der Waals surface area contributed by atoms with Crippen molar-refractivity contribution in [2.75, 3.05) is 17.3 Å². The SMILES string of the molecule is CN(/C(Br)=C\CBr)c1ccc(OC(F)(F)F)cc1. The fourth-order valence-electron chi connectivity index (χ4n) is 1.20. The number of rotatable bonds is 4. The first-order valence-electron chi connectivity index (χ1n) is 4.84. The molecule has 0 aliphatic carbocycles. The van der Waals surface area contributed by atoms with Crippen LogP contribution in [-0.2, 0) is 0 Å². The fourth-order valence-corrected chi connectivity index (χ4v) is 2.30. The summed E-state index contributed by atoms with van der Waals surface area (Å²) in [4.78, 5) is 1.79. The Kier molecular flexibility index (Phi) is 5.52. The van der Waals surface area contributed by atoms with Gasteiger partial charge in [0.25, 0.3) is 0 Å². The van der Waals surface area contributed by atoms with Crippen molar-refractivity contribution in [1.82, 2.24) is 0 Å². The molecule has 0 spiro atoms. The zero-order valence-electron chi connectivity index (χ0n) is 9.34. The van der Waals surface area contributed by atoms with Gasteiger partial charge in [-0.3, -0.25) is 0 Å². The van der Waals surface area contributed by atoms with Gasteiger partial charge in [-0.05, 0) is 46.3 Å². The summed E-state index contributed by atoms with van der Waals surface area (Å²) in [6.45, 7) is 0. The molecule has 100 valence electrons. The van der Waals surface area contributed by atoms with Gasteiger partial charge in [-0.1, -0.05) is 15.9 Å². The molecule has 1 aromatic rings. The van der Waals surface area contributed by atoms with Gasteiger partial charge in [0.15, 0.2) is 0 Å². The summed E-state index contributed by atoms with van der Waals surface area (Å²) in [5.41, 5.74) is 0.744. The van der Waals surface area contributed by atoms with Crippen LogP contribution >= 0.6 is 31.9 Å². The van der Waals surface area contributed by atoms with Gasteiger partial charge >= 0.3 is 6.36 Å². The molecule has 0 bridgehead atoms. The Labute approximate surface area is 120 Å². The molecule has 7 heteroatoms. The van der Waals surface area contributed by atoms with E-state index in [2.05, 4.69) is 36.6 Å². The van der Waals surface area contributed by atoms with Crippen molar-refractivity contribution in [1.29, 1.82) is 0 Å². The Morgan fingerprint density at radius 2 is 1.89 bits per heavy atom. The van der Waals surface area contributed by atoms with Crippen LogP contribution in [0.1, 0.15) is 0 Å². The Bertz CT molecular complexity index is 417. The molecule has 0 aliphatic rings. The lowest BCUT2D eigenvalue weighted by Crippen LogP contribution is -2.17. The van der Waals surface area contributed by atoms with E-state index in [1.807, 2.05) is 6.08 Å². The quantitative estimate of drug-likeness (QED) is 0.549. The number of anilines is 1. The van der Waals surface area contributed by atoms with Crippen LogP contribution in [0.5, 0.6) is 5.75 Å². The number of halogens is 5. The van der Waals surface area contributed by atoms with Crippen LogP contribution in [0.15, 0.2) is 34.9 Å². The molecule has 0 aliphatic heterocycles. The highest BCUT2D eigenvalue weighted by Gasteiger charge is 2.30. The Hall–Kier alpha value is -0.690. The molecule has 0 fully saturated rings. The van der Waals surface area contributed by atoms with Crippen molar-refractivity contribution < 1.29 is 17.9 Å². The van der Waals surface area contributed by atoms with Gasteiger partial charge in [0.1, 0.15) is 5.75 Å². The largest absolute Gasteiger partial charge is 0.573 e. The van der Waals surface area contributed by atoms with Crippen molar-refractivity contribution in [2.24, 2.45) is 0 Å². The maximum Gasteiger partial charge on any atom is 0.573 e. The third kappa shape index (κ3) is 4.89. The first kappa shape index (κ1) is 15.4. The Morgan fingerprint density at radius 1 is 1.33 bits per heavy atom. The molecule has 1 rings (SSSR count). The molecule has 0 heterocycles. The van der Waals surface area contributed by atoms with Crippen LogP contribution in [0.2, 0.25) is 0 Å². The van der Waals surface area contributed by atoms with Gasteiger partial charge in [-0.2, -0.15) is 0 Å². The molecular weight excluding hydrogens is 379 g/mol. The molecule has 0 unspecified atom stereocenters. The topological polar surface area (TPSA) is 12.5 Å². The van der Waals surface area contributed by atoms with Crippen LogP contribution in [0.3, 0.4) is 0 Å². The molecule has 0 aromatic heterocycles. The summed E-state index contributed by atoms with van der Waals surface area (Å²) in [5.74, 6) is -0.236. The van der Waals surface area contributed by atoms with E-state index in [9.17, 15) is 13.2 Å². The monoisotopic (exact) mass is 387 g/mol. The second-order valence-electron chi connectivity index (χ2n) is 3.28. The maximum atomic E-state index is 12.0. The predicted molar refractivity (Wildman–Crippen MR) is 72.3 cm³/mol. The van der Waals surface area contributed by atoms with Crippen molar-refractivity contribution in [3.8, 4) is 5.75 Å². The lowest BCUT2D eigenvalue weighted by molar-refractivity contribution is -0.274. The molecule has 0 radical (unpaired) electrons. The smallest absolute Gasteiger partial charge is 0.406 e. The highest BCUT2D eigenvalue weighted by atomic mass is 79.9. The number of hydrogen-bond acceptors (Lipinski definition) is 2. The minimum atomic E-state index is -4.66. The molecule has 0 saturated heterocycles. The van der Waals surface area contributed by atoms with Crippen LogP contribution in [0.4, 0.5) is 18.9 Å². The van der Waals surface area contributed by atoms with E-state index >= 15 is 0 Å². The highest BCUT2D eigenvalue weighted by Crippen LogP contribution is 2.27. The summed E-state index contributed by atoms with van der Waals surface area (Å²) >= 11 is 6.61. The molecule has 18 heavy (non-hydrogen) atoms. The van der Waals surface area contributed by atoms with E-state index in [0.29, 0.717) is 5.33 Å². The fraction of sp³-hybridized carbons (Fsp3) is 0.273. The van der Waals surface area contributed by atoms with Gasteiger partial charge in [0.2, 0.25) is 0 Å². The van der Waals surface area contributed by atoms with E-state index in [-0.39, 0.29) is 5.75 Å². The molecule has 0 N–H and O–H groups in total. The van der Waals surface area contributed by atoms with E-state index in [1.165, 1.54) is 12.1 Å². The first-order chi connectivity index (χ1) is 8.33. The van der Waals surface area contributed by atoms with Crippen molar-refractivity contribution >= 4 is 37.5 Å². The molecule has 0 atom stereocenters. The first-order valence-corrected chi connectivity index (χ1v) is 6.76. The van der Waals surface area contributed by atoms with E-state index in [4.69, 9.17) is 0 Å². The van der Waals surface area contributed by atoms with Crippen LogP contribution in [0.25, 0.3) is 0 Å². The summed E-state index contributed by atoms with van der Waals surface area (Å²) < 4.78 is 40.5. The second kappa shape index (κ2) is 6.47. The normalized spacial score (nSPS) is 12.4. The van der Waals surface area contributed by atoms with Crippen molar-refractivity contribution in [2.45, 2.75) is 6.36 Å². The molecule has 1 aromatic carbocycles. The van der Waals surface area contributed by atoms with Crippen LogP contribution in [-0.4, -0.2) is 18.7 Å². The number of nitrogens with zero attached hydrogens (tertiary/aromatic N) is 1. The summed E-state index contributed by atoms with van der Waals surface area (Å²) in [6.07, 6.45) is -2.79. The molecular formula is C11H10Br2F3NO. The average Bonchev–Trinajstić information content (AvgIpc) is 2.27. The number of hydrogen-bond donors (Lipinski definition) is 0. The van der Waals surface area contributed by atoms with Gasteiger partial charge in [-0.25, -0.2) is 0 Å². The highest BCUT2D eigenvalue weighted by molar-refractivity contribution is 9.12. The number of ether oxygens (including phenoxy) is 1. The average molecular weight is 389 g/mol. The van der Waals surface area contributed by atoms with Gasteiger partial charge in [0.05, 0.1) is 4.61 Å². The third-order valence-corrected chi connectivity index (χ3v) is 3.20. The number of allylic oxidation sites excluding steroid dienone is 1. The predicted octanol–water partition coefficient (Wildman–Crippen LogP) is 4.65. The number of alkyl halides is 4. The Morgan fingerprint density at radius 3 is 2.33 bits per heavy atom. The number of benzene rings is 1. The van der Waals surface area contributed by atoms with Gasteiger partial charge in [-0.15, -0.1) is 13.2 Å². The van der Waals surface area contributed by atoms with Crippen molar-refractivity contribution in [3.63, 3.8) is 0 Å². The lowest BCUT2D eigenvalue weighted by Gasteiger charge is -2.19. The summed E-state index contributed by atoms with van der Waals surface area (Å²) in [7, 11) is 1.79. The molecule has 0 saturated carbocycles. The lowest BCUT2D eigenvalue weighted by atomic mass is 10.3. The summed E-state index contributed by atoms with van der Waals surface area (Å²) in [6, 6.07) is 5.64. The summed E-state index contributed by atoms with van der Waals surface area (Å²) in [5, 5.41) is 0.674. The van der Waals surface area contributed by atoms with Crippen molar-refractivity contribution in [3.05, 3.63) is 34.9 Å². The zero-order valence-corrected chi connectivity index (χ0v) is 12.5. The van der Waals surface area contributed by atoms with E-state index in [1.54, 1.807) is 24.1 Å². The molecule has 0 amide bonds. The Balaban J connectivity index is 2.80. The third-order valence-electron chi connectivity index (χ3n) is 2.02. The zero-order chi connectivity index (χ0) is 13.8. The van der Waals surface area contributed by atoms with Gasteiger partial charge in [0, 0.05) is 18.1 Å². The minimum Gasteiger partial charge on any atom is -0.406 e. The molecule has 2 nitrogen and oxygen atoms in total. The van der Waals surface area contributed by atoms with Crippen LogP contribution < -0.4 is 9.64 Å². The van der Waals surface area contributed by atoms with E-state index in [0.717, 1.165) is 10.3 Å². The van der Waals surface area contributed by atoms with Crippen LogP contribution in [0, 0.1) is 0 Å². The van der Waals surface area contributed by atoms with Gasteiger partial charge < -0.3 is 9.64 Å². The minimum absolute atomic E-state index is 0.236.